The van der Waals surface area contributed by atoms with Crippen molar-refractivity contribution in [3.63, 3.8) is 0 Å². The van der Waals surface area contributed by atoms with Crippen LogP contribution in [-0.4, -0.2) is 45.6 Å². The Morgan fingerprint density at radius 2 is 1.92 bits per heavy atom. The molecular weight excluding hydrogens is 499 g/mol. The van der Waals surface area contributed by atoms with Crippen LogP contribution in [0.5, 0.6) is 0 Å². The SMILES string of the molecule is CNC(=O)NC(C1=C(N(C)c2ccnc(C(F)(F)F)c2)CCC1=O)c1ccc(C#N)cc1S(C)(=O)=O. The molecule has 2 aromatic rings. The van der Waals surface area contributed by atoms with Crippen molar-refractivity contribution < 1.29 is 31.2 Å². The number of benzene rings is 1. The Hall–Kier alpha value is -3.92. The summed E-state index contributed by atoms with van der Waals surface area (Å²) in [6.07, 6.45) is -2.62. The van der Waals surface area contributed by atoms with Crippen molar-refractivity contribution in [3.05, 3.63) is 64.6 Å². The van der Waals surface area contributed by atoms with Gasteiger partial charge in [0.25, 0.3) is 0 Å². The van der Waals surface area contributed by atoms with Crippen molar-refractivity contribution in [1.29, 1.82) is 5.26 Å². The van der Waals surface area contributed by atoms with Crippen LogP contribution in [0.25, 0.3) is 0 Å². The number of pyridine rings is 1. The highest BCUT2D eigenvalue weighted by atomic mass is 32.2. The predicted molar refractivity (Wildman–Crippen MR) is 124 cm³/mol. The lowest BCUT2D eigenvalue weighted by molar-refractivity contribution is -0.141. The number of anilines is 1. The van der Waals surface area contributed by atoms with Gasteiger partial charge in [-0.1, -0.05) is 6.07 Å². The number of aromatic nitrogens is 1. The van der Waals surface area contributed by atoms with E-state index in [0.717, 1.165) is 24.6 Å². The van der Waals surface area contributed by atoms with Gasteiger partial charge in [0.05, 0.1) is 22.6 Å². The van der Waals surface area contributed by atoms with E-state index in [2.05, 4.69) is 15.6 Å². The molecule has 1 unspecified atom stereocenters. The van der Waals surface area contributed by atoms with Gasteiger partial charge in [-0.05, 0) is 36.2 Å². The second kappa shape index (κ2) is 9.98. The van der Waals surface area contributed by atoms with Gasteiger partial charge in [0.15, 0.2) is 15.6 Å². The van der Waals surface area contributed by atoms with Crippen molar-refractivity contribution in [2.24, 2.45) is 0 Å². The van der Waals surface area contributed by atoms with E-state index in [1.54, 1.807) is 0 Å². The zero-order valence-corrected chi connectivity index (χ0v) is 20.3. The molecule has 1 aliphatic carbocycles. The summed E-state index contributed by atoms with van der Waals surface area (Å²) in [5, 5.41) is 14.2. The number of nitrogens with zero attached hydrogens (tertiary/aromatic N) is 3. The molecule has 1 aromatic heterocycles. The minimum Gasteiger partial charge on any atom is -0.348 e. The first-order valence-electron chi connectivity index (χ1n) is 10.5. The molecule has 36 heavy (non-hydrogen) atoms. The van der Waals surface area contributed by atoms with Gasteiger partial charge < -0.3 is 15.5 Å². The number of nitrogens with one attached hydrogen (secondary N) is 2. The molecule has 3 rings (SSSR count). The molecule has 0 bridgehead atoms. The third-order valence-electron chi connectivity index (χ3n) is 5.67. The summed E-state index contributed by atoms with van der Waals surface area (Å²) in [5.41, 5.74) is -0.586. The smallest absolute Gasteiger partial charge is 0.348 e. The average molecular weight is 522 g/mol. The number of halogens is 3. The molecule has 0 aliphatic heterocycles. The van der Waals surface area contributed by atoms with E-state index >= 15 is 0 Å². The van der Waals surface area contributed by atoms with Crippen molar-refractivity contribution in [3.8, 4) is 6.07 Å². The molecule has 0 radical (unpaired) electrons. The van der Waals surface area contributed by atoms with Crippen LogP contribution < -0.4 is 15.5 Å². The zero-order chi connectivity index (χ0) is 26.8. The van der Waals surface area contributed by atoms with Gasteiger partial charge in [0.2, 0.25) is 0 Å². The lowest BCUT2D eigenvalue weighted by Gasteiger charge is -2.27. The summed E-state index contributed by atoms with van der Waals surface area (Å²) < 4.78 is 64.8. The van der Waals surface area contributed by atoms with E-state index in [1.165, 1.54) is 37.2 Å². The number of Topliss-reactive ketones (excluding diaryl/α,β-unsaturated/α-hetero) is 1. The fourth-order valence-electron chi connectivity index (χ4n) is 3.95. The third kappa shape index (κ3) is 5.49. The molecule has 1 atom stereocenters. The minimum atomic E-state index is -4.68. The maximum Gasteiger partial charge on any atom is 0.433 e. The first-order chi connectivity index (χ1) is 16.8. The second-order valence-electron chi connectivity index (χ2n) is 8.03. The molecule has 190 valence electrons. The van der Waals surface area contributed by atoms with Crippen LogP contribution in [0.4, 0.5) is 23.7 Å². The number of hydrogen-bond acceptors (Lipinski definition) is 7. The topological polar surface area (TPSA) is 132 Å². The molecular formula is C23H22F3N5O4S. The summed E-state index contributed by atoms with van der Waals surface area (Å²) in [6.45, 7) is 0. The first kappa shape index (κ1) is 26.7. The summed E-state index contributed by atoms with van der Waals surface area (Å²) >= 11 is 0. The highest BCUT2D eigenvalue weighted by Gasteiger charge is 2.37. The zero-order valence-electron chi connectivity index (χ0n) is 19.5. The molecule has 0 spiro atoms. The highest BCUT2D eigenvalue weighted by Crippen LogP contribution is 2.39. The van der Waals surface area contributed by atoms with E-state index in [-0.39, 0.29) is 40.1 Å². The fraction of sp³-hybridized carbons (Fsp3) is 0.304. The Morgan fingerprint density at radius 1 is 1.22 bits per heavy atom. The van der Waals surface area contributed by atoms with Crippen molar-refractivity contribution in [1.82, 2.24) is 15.6 Å². The number of amides is 2. The second-order valence-corrected chi connectivity index (χ2v) is 10.0. The number of urea groups is 1. The van der Waals surface area contributed by atoms with Gasteiger partial charge in [-0.2, -0.15) is 18.4 Å². The standard InChI is InChI=1S/C23H22F3N5O4S/c1-28-22(33)30-21(15-5-4-13(12-27)10-18(15)36(3,34)35)20-16(6-7-17(20)32)31(2)14-8-9-29-19(11-14)23(24,25)26/h4-5,8-11,21H,6-7H2,1-3H3,(H2,28,30,33). The summed E-state index contributed by atoms with van der Waals surface area (Å²) in [4.78, 5) is 29.9. The molecule has 0 saturated heterocycles. The van der Waals surface area contributed by atoms with Crippen LogP contribution in [-0.2, 0) is 20.8 Å². The number of carbonyl (C=O) groups excluding carboxylic acids is 2. The molecule has 0 fully saturated rings. The molecule has 9 nitrogen and oxygen atoms in total. The maximum atomic E-state index is 13.2. The van der Waals surface area contributed by atoms with Crippen molar-refractivity contribution >= 4 is 27.3 Å². The number of sulfone groups is 1. The molecule has 2 amide bonds. The number of nitriles is 1. The lowest BCUT2D eigenvalue weighted by Crippen LogP contribution is -2.38. The quantitative estimate of drug-likeness (QED) is 0.597. The summed E-state index contributed by atoms with van der Waals surface area (Å²) in [5.74, 6) is -0.410. The first-order valence-corrected chi connectivity index (χ1v) is 12.4. The number of alkyl halides is 3. The van der Waals surface area contributed by atoms with E-state index in [1.807, 2.05) is 6.07 Å². The number of carbonyl (C=O) groups is 2. The highest BCUT2D eigenvalue weighted by molar-refractivity contribution is 7.90. The Balaban J connectivity index is 2.25. The summed E-state index contributed by atoms with van der Waals surface area (Å²) in [6, 6.07) is 5.87. The Kier molecular flexibility index (Phi) is 7.40. The van der Waals surface area contributed by atoms with E-state index in [4.69, 9.17) is 0 Å². The van der Waals surface area contributed by atoms with Gasteiger partial charge in [0, 0.05) is 49.9 Å². The van der Waals surface area contributed by atoms with Gasteiger partial charge >= 0.3 is 12.2 Å². The molecule has 1 aromatic carbocycles. The van der Waals surface area contributed by atoms with Crippen molar-refractivity contribution in [2.45, 2.75) is 30.0 Å². The van der Waals surface area contributed by atoms with Crippen LogP contribution in [0.3, 0.4) is 0 Å². The predicted octanol–water partition coefficient (Wildman–Crippen LogP) is 3.10. The van der Waals surface area contributed by atoms with E-state index in [0.29, 0.717) is 5.70 Å². The number of rotatable bonds is 6. The van der Waals surface area contributed by atoms with Crippen LogP contribution >= 0.6 is 0 Å². The van der Waals surface area contributed by atoms with Crippen LogP contribution in [0, 0.1) is 11.3 Å². The fourth-order valence-corrected chi connectivity index (χ4v) is 4.90. The molecule has 2 N–H and O–H groups in total. The normalized spacial score (nSPS) is 14.9. The molecule has 1 aliphatic rings. The van der Waals surface area contributed by atoms with Crippen LogP contribution in [0.2, 0.25) is 0 Å². The Labute approximate surface area is 205 Å². The molecule has 13 heteroatoms. The van der Waals surface area contributed by atoms with Gasteiger partial charge in [-0.15, -0.1) is 0 Å². The lowest BCUT2D eigenvalue weighted by atomic mass is 9.95. The van der Waals surface area contributed by atoms with E-state index in [9.17, 15) is 36.4 Å². The third-order valence-corrected chi connectivity index (χ3v) is 6.82. The van der Waals surface area contributed by atoms with Crippen LogP contribution in [0.1, 0.15) is 35.7 Å². The number of ketones is 1. The van der Waals surface area contributed by atoms with Crippen molar-refractivity contribution in [2.75, 3.05) is 25.3 Å². The Bertz CT molecular complexity index is 1400. The number of allylic oxidation sites excluding steroid dienone is 1. The van der Waals surface area contributed by atoms with Crippen LogP contribution in [0.15, 0.2) is 52.7 Å². The molecule has 0 saturated carbocycles. The van der Waals surface area contributed by atoms with Gasteiger partial charge in [-0.25, -0.2) is 13.2 Å². The Morgan fingerprint density at radius 3 is 2.50 bits per heavy atom. The largest absolute Gasteiger partial charge is 0.433 e. The monoisotopic (exact) mass is 521 g/mol. The molecule has 1 heterocycles. The maximum absolute atomic E-state index is 13.2. The van der Waals surface area contributed by atoms with Gasteiger partial charge in [-0.3, -0.25) is 9.78 Å². The average Bonchev–Trinajstić information content (AvgIpc) is 3.21. The van der Waals surface area contributed by atoms with E-state index < -0.39 is 39.6 Å². The van der Waals surface area contributed by atoms with Gasteiger partial charge in [0.1, 0.15) is 5.69 Å². The summed E-state index contributed by atoms with van der Waals surface area (Å²) in [7, 11) is -1.12. The number of hydrogen-bond donors (Lipinski definition) is 2. The minimum absolute atomic E-state index is 0.00261.